The normalized spacial score (nSPS) is 13.7. The summed E-state index contributed by atoms with van der Waals surface area (Å²) < 4.78 is 1.51. The van der Waals surface area contributed by atoms with E-state index in [1.54, 1.807) is 25.1 Å². The zero-order chi connectivity index (χ0) is 22.7. The Morgan fingerprint density at radius 3 is 2.66 bits per heavy atom. The van der Waals surface area contributed by atoms with E-state index in [1.165, 1.54) is 4.57 Å². The number of allylic oxidation sites excluding steroid dienone is 1. The van der Waals surface area contributed by atoms with Gasteiger partial charge in [0.1, 0.15) is 5.56 Å². The zero-order valence-electron chi connectivity index (χ0n) is 17.5. The average Bonchev–Trinajstić information content (AvgIpc) is 3.14. The quantitative estimate of drug-likeness (QED) is 0.506. The number of nitrogens with one attached hydrogen (secondary N) is 2. The van der Waals surface area contributed by atoms with Crippen molar-refractivity contribution < 1.29 is 9.90 Å². The van der Waals surface area contributed by atoms with Crippen LogP contribution in [0.3, 0.4) is 0 Å². The highest BCUT2D eigenvalue weighted by Crippen LogP contribution is 2.25. The van der Waals surface area contributed by atoms with Crippen molar-refractivity contribution in [1.29, 1.82) is 0 Å². The van der Waals surface area contributed by atoms with Gasteiger partial charge in [-0.05, 0) is 48.5 Å². The second-order valence-electron chi connectivity index (χ2n) is 7.26. The average molecular weight is 447 g/mol. The number of rotatable bonds is 6. The molecule has 162 valence electrons. The molecule has 1 aromatic heterocycles. The number of para-hydroxylation sites is 2. The van der Waals surface area contributed by atoms with E-state index in [-0.39, 0.29) is 22.1 Å². The maximum Gasteiger partial charge on any atom is 0.262 e. The number of benzene rings is 2. The molecule has 4 rings (SSSR count). The van der Waals surface area contributed by atoms with Crippen molar-refractivity contribution in [3.63, 3.8) is 0 Å². The van der Waals surface area contributed by atoms with Crippen molar-refractivity contribution in [1.82, 2.24) is 14.9 Å². The summed E-state index contributed by atoms with van der Waals surface area (Å²) in [6.07, 6.45) is 2.52. The number of hydrogen-bond donors (Lipinski definition) is 3. The predicted octanol–water partition coefficient (Wildman–Crippen LogP) is 2.34. The van der Waals surface area contributed by atoms with Crippen LogP contribution >= 0.6 is 12.2 Å². The highest BCUT2D eigenvalue weighted by molar-refractivity contribution is 7.71. The smallest absolute Gasteiger partial charge is 0.262 e. The number of aromatic hydroxyl groups is 1. The summed E-state index contributed by atoms with van der Waals surface area (Å²) in [5.41, 5.74) is 1.64. The van der Waals surface area contributed by atoms with Crippen molar-refractivity contribution in [2.45, 2.75) is 19.8 Å². The van der Waals surface area contributed by atoms with Crippen LogP contribution in [0.1, 0.15) is 25.3 Å². The van der Waals surface area contributed by atoms with Crippen LogP contribution in [-0.2, 0) is 4.79 Å². The van der Waals surface area contributed by atoms with Gasteiger partial charge in [0.15, 0.2) is 4.77 Å². The van der Waals surface area contributed by atoms with Crippen molar-refractivity contribution in [3.8, 4) is 11.6 Å². The fraction of sp³-hybridized carbons (Fsp3) is 0.167. The number of carbonyl (C=O) groups excluding carboxylic acids is 1. The van der Waals surface area contributed by atoms with Crippen LogP contribution in [0, 0.1) is 4.77 Å². The summed E-state index contributed by atoms with van der Waals surface area (Å²) in [6, 6.07) is 16.7. The van der Waals surface area contributed by atoms with Crippen molar-refractivity contribution >= 4 is 29.8 Å². The maximum absolute atomic E-state index is 12.7. The van der Waals surface area contributed by atoms with Gasteiger partial charge in [0.05, 0.1) is 16.7 Å². The van der Waals surface area contributed by atoms with Crippen LogP contribution in [0.2, 0.25) is 0 Å². The summed E-state index contributed by atoms with van der Waals surface area (Å²) >= 11 is 5.28. The minimum Gasteiger partial charge on any atom is -0.494 e. The van der Waals surface area contributed by atoms with Gasteiger partial charge in [-0.25, -0.2) is 4.99 Å². The second-order valence-corrected chi connectivity index (χ2v) is 7.64. The van der Waals surface area contributed by atoms with E-state index >= 15 is 0 Å². The number of aromatic nitrogens is 2. The number of aromatic amines is 1. The van der Waals surface area contributed by atoms with Gasteiger partial charge in [0.25, 0.3) is 5.56 Å². The molecule has 3 N–H and O–H groups in total. The Bertz CT molecular complexity index is 1450. The molecule has 1 amide bonds. The second kappa shape index (κ2) is 9.15. The van der Waals surface area contributed by atoms with E-state index in [0.29, 0.717) is 30.8 Å². The molecule has 0 saturated carbocycles. The first-order valence-electron chi connectivity index (χ1n) is 10.3. The Morgan fingerprint density at radius 2 is 1.91 bits per heavy atom. The number of fused-ring (bicyclic) bond motifs is 1. The van der Waals surface area contributed by atoms with Gasteiger partial charge in [-0.15, -0.1) is 0 Å². The van der Waals surface area contributed by atoms with E-state index in [0.717, 1.165) is 16.1 Å². The molecule has 0 atom stereocenters. The summed E-state index contributed by atoms with van der Waals surface area (Å²) in [6.45, 7) is 2.24. The summed E-state index contributed by atoms with van der Waals surface area (Å²) in [4.78, 5) is 31.7. The fourth-order valence-electron chi connectivity index (χ4n) is 3.62. The van der Waals surface area contributed by atoms with E-state index in [4.69, 9.17) is 12.2 Å². The van der Waals surface area contributed by atoms with E-state index in [1.807, 2.05) is 42.5 Å². The molecule has 3 aromatic rings. The largest absolute Gasteiger partial charge is 0.494 e. The van der Waals surface area contributed by atoms with Crippen LogP contribution in [-0.4, -0.2) is 27.1 Å². The van der Waals surface area contributed by atoms with Crippen LogP contribution in [0.25, 0.3) is 17.3 Å². The molecule has 0 radical (unpaired) electrons. The summed E-state index contributed by atoms with van der Waals surface area (Å²) in [5.74, 6) is -0.291. The number of nitrogens with zero attached hydrogens (tertiary/aromatic N) is 2. The van der Waals surface area contributed by atoms with Gasteiger partial charge in [0.2, 0.25) is 11.8 Å². The Morgan fingerprint density at radius 1 is 1.19 bits per heavy atom. The Hall–Kier alpha value is -3.78. The minimum atomic E-state index is -0.503. The lowest BCUT2D eigenvalue weighted by molar-refractivity contribution is -0.120. The van der Waals surface area contributed by atoms with E-state index < -0.39 is 5.56 Å². The molecule has 2 heterocycles. The molecule has 1 aliphatic heterocycles. The molecule has 8 heteroatoms. The maximum atomic E-state index is 12.7. The van der Waals surface area contributed by atoms with Crippen LogP contribution in [0.5, 0.6) is 5.88 Å². The predicted molar refractivity (Wildman–Crippen MR) is 125 cm³/mol. The third kappa shape index (κ3) is 4.17. The van der Waals surface area contributed by atoms with Crippen molar-refractivity contribution in [2.75, 3.05) is 6.54 Å². The Balaban J connectivity index is 1.83. The monoisotopic (exact) mass is 446 g/mol. The Labute approximate surface area is 189 Å². The number of hydrogen-bond acceptors (Lipinski definition) is 5. The summed E-state index contributed by atoms with van der Waals surface area (Å²) in [7, 11) is 0. The lowest BCUT2D eigenvalue weighted by atomic mass is 10.1. The molecule has 1 aliphatic rings. The first-order chi connectivity index (χ1) is 15.5. The molecule has 7 nitrogen and oxygen atoms in total. The first-order valence-corrected chi connectivity index (χ1v) is 10.7. The topological polar surface area (TPSA) is 99.5 Å². The lowest BCUT2D eigenvalue weighted by Crippen LogP contribution is -2.26. The highest BCUT2D eigenvalue weighted by atomic mass is 32.1. The van der Waals surface area contributed by atoms with Gasteiger partial charge < -0.3 is 10.4 Å². The van der Waals surface area contributed by atoms with Crippen molar-refractivity contribution in [3.05, 3.63) is 91.6 Å². The SMILES string of the molecule is CCC(=O)NCCC1=c2ccccc2=NC1=Cc1c(O)n(-c2ccccc2)c(=S)[nH]c1=O. The van der Waals surface area contributed by atoms with Gasteiger partial charge in [0, 0.05) is 18.2 Å². The molecule has 0 unspecified atom stereocenters. The standard InChI is InChI=1S/C24H22N4O3S/c1-2-21(29)25-13-12-17-16-10-6-7-11-19(16)26-20(17)14-18-22(30)27-24(32)28(23(18)31)15-8-4-3-5-9-15/h3-11,14,31H,2,12-13H2,1H3,(H,25,29)(H,27,30,32). The minimum absolute atomic E-state index is 0.0293. The molecule has 0 saturated heterocycles. The van der Waals surface area contributed by atoms with Gasteiger partial charge >= 0.3 is 0 Å². The molecular formula is C24H22N4O3S. The number of amides is 1. The molecule has 0 aliphatic carbocycles. The molecule has 2 aromatic carbocycles. The van der Waals surface area contributed by atoms with Crippen LogP contribution in [0.4, 0.5) is 0 Å². The van der Waals surface area contributed by atoms with Gasteiger partial charge in [-0.3, -0.25) is 19.1 Å². The third-order valence-corrected chi connectivity index (χ3v) is 5.50. The van der Waals surface area contributed by atoms with Crippen molar-refractivity contribution in [2.24, 2.45) is 4.99 Å². The molecule has 0 bridgehead atoms. The van der Waals surface area contributed by atoms with Gasteiger partial charge in [-0.1, -0.05) is 43.3 Å². The fourth-order valence-corrected chi connectivity index (χ4v) is 3.90. The first kappa shape index (κ1) is 21.5. The molecule has 32 heavy (non-hydrogen) atoms. The van der Waals surface area contributed by atoms with E-state index in [2.05, 4.69) is 15.3 Å². The molecule has 0 fully saturated rings. The number of carbonyl (C=O) groups is 1. The van der Waals surface area contributed by atoms with E-state index in [9.17, 15) is 14.7 Å². The lowest BCUT2D eigenvalue weighted by Gasteiger charge is -2.12. The third-order valence-electron chi connectivity index (χ3n) is 5.21. The molecular weight excluding hydrogens is 424 g/mol. The zero-order valence-corrected chi connectivity index (χ0v) is 18.3. The Kier molecular flexibility index (Phi) is 6.13. The van der Waals surface area contributed by atoms with Gasteiger partial charge in [-0.2, -0.15) is 0 Å². The highest BCUT2D eigenvalue weighted by Gasteiger charge is 2.17. The number of H-pyrrole nitrogens is 1. The van der Waals surface area contributed by atoms with Crippen LogP contribution in [0.15, 0.2) is 70.1 Å². The van der Waals surface area contributed by atoms with Crippen LogP contribution < -0.4 is 21.5 Å². The summed E-state index contributed by atoms with van der Waals surface area (Å²) in [5, 5.41) is 15.6. The molecule has 0 spiro atoms.